The summed E-state index contributed by atoms with van der Waals surface area (Å²) >= 11 is 0. The molecule has 3 aliphatic rings. The second-order valence-corrected chi connectivity index (χ2v) is 6.36. The minimum absolute atomic E-state index is 0.111. The third-order valence-corrected chi connectivity index (χ3v) is 5.00. The van der Waals surface area contributed by atoms with Gasteiger partial charge in [-0.2, -0.15) is 0 Å². The molecule has 21 heavy (non-hydrogen) atoms. The number of likely N-dealkylation sites (tertiary alicyclic amines) is 1. The monoisotopic (exact) mass is 293 g/mol. The van der Waals surface area contributed by atoms with Gasteiger partial charge in [0.25, 0.3) is 0 Å². The van der Waals surface area contributed by atoms with Crippen LogP contribution in [0.2, 0.25) is 0 Å². The molecular weight excluding hydrogens is 270 g/mol. The predicted molar refractivity (Wildman–Crippen MR) is 76.4 cm³/mol. The van der Waals surface area contributed by atoms with Gasteiger partial charge in [-0.1, -0.05) is 12.8 Å². The van der Waals surface area contributed by atoms with Crippen LogP contribution in [0.4, 0.5) is 4.79 Å². The Morgan fingerprint density at radius 3 is 2.29 bits per heavy atom. The van der Waals surface area contributed by atoms with E-state index in [9.17, 15) is 14.4 Å². The van der Waals surface area contributed by atoms with Crippen molar-refractivity contribution in [1.29, 1.82) is 0 Å². The average Bonchev–Trinajstić information content (AvgIpc) is 3.10. The molecule has 3 fully saturated rings. The molecule has 2 heterocycles. The standard InChI is InChI=1S/C15H23N3O3/c19-13-12(11-5-1-2-6-11)14(20)18(15(21)16-13)10-9-17-7-3-4-8-17/h11-12H,1-10H2,(H,16,19,21). The zero-order valence-corrected chi connectivity index (χ0v) is 12.3. The van der Waals surface area contributed by atoms with E-state index in [1.165, 1.54) is 17.7 Å². The highest BCUT2D eigenvalue weighted by Crippen LogP contribution is 2.33. The fraction of sp³-hybridized carbons (Fsp3) is 0.800. The normalized spacial score (nSPS) is 28.5. The molecule has 0 aromatic heterocycles. The van der Waals surface area contributed by atoms with Crippen LogP contribution in [0.25, 0.3) is 0 Å². The zero-order chi connectivity index (χ0) is 14.8. The van der Waals surface area contributed by atoms with E-state index in [1.807, 2.05) is 0 Å². The second kappa shape index (κ2) is 6.13. The molecule has 0 spiro atoms. The third-order valence-electron chi connectivity index (χ3n) is 5.00. The fourth-order valence-electron chi connectivity index (χ4n) is 3.80. The number of imide groups is 2. The summed E-state index contributed by atoms with van der Waals surface area (Å²) in [6, 6.07) is -0.543. The van der Waals surface area contributed by atoms with Crippen LogP contribution in [-0.4, -0.2) is 53.8 Å². The number of nitrogens with zero attached hydrogens (tertiary/aromatic N) is 2. The highest BCUT2D eigenvalue weighted by Gasteiger charge is 2.45. The van der Waals surface area contributed by atoms with Crippen molar-refractivity contribution in [3.05, 3.63) is 0 Å². The van der Waals surface area contributed by atoms with E-state index in [0.29, 0.717) is 13.1 Å². The number of carbonyl (C=O) groups is 3. The van der Waals surface area contributed by atoms with Gasteiger partial charge < -0.3 is 4.90 Å². The molecule has 1 N–H and O–H groups in total. The molecule has 3 rings (SSSR count). The van der Waals surface area contributed by atoms with Crippen molar-refractivity contribution in [3.8, 4) is 0 Å². The molecule has 2 saturated heterocycles. The van der Waals surface area contributed by atoms with Gasteiger partial charge in [0.15, 0.2) is 0 Å². The van der Waals surface area contributed by atoms with Gasteiger partial charge in [0, 0.05) is 13.1 Å². The Bertz CT molecular complexity index is 439. The van der Waals surface area contributed by atoms with Crippen molar-refractivity contribution >= 4 is 17.8 Å². The van der Waals surface area contributed by atoms with Gasteiger partial charge in [0.1, 0.15) is 5.92 Å². The van der Waals surface area contributed by atoms with Crippen molar-refractivity contribution < 1.29 is 14.4 Å². The summed E-state index contributed by atoms with van der Waals surface area (Å²) < 4.78 is 0. The van der Waals surface area contributed by atoms with Crippen LogP contribution in [0.15, 0.2) is 0 Å². The molecule has 0 aromatic carbocycles. The van der Waals surface area contributed by atoms with E-state index in [2.05, 4.69) is 10.2 Å². The quantitative estimate of drug-likeness (QED) is 0.784. The summed E-state index contributed by atoms with van der Waals surface area (Å²) in [5, 5.41) is 2.37. The first-order chi connectivity index (χ1) is 10.2. The summed E-state index contributed by atoms with van der Waals surface area (Å²) in [6.07, 6.45) is 6.34. The van der Waals surface area contributed by atoms with Gasteiger partial charge in [0.2, 0.25) is 11.8 Å². The van der Waals surface area contributed by atoms with Crippen molar-refractivity contribution in [3.63, 3.8) is 0 Å². The number of hydrogen-bond donors (Lipinski definition) is 1. The lowest BCUT2D eigenvalue weighted by molar-refractivity contribution is -0.145. The Morgan fingerprint density at radius 1 is 0.952 bits per heavy atom. The van der Waals surface area contributed by atoms with Gasteiger partial charge in [-0.15, -0.1) is 0 Å². The van der Waals surface area contributed by atoms with Gasteiger partial charge in [-0.3, -0.25) is 19.8 Å². The number of carbonyl (C=O) groups excluding carboxylic acids is 3. The Morgan fingerprint density at radius 2 is 1.62 bits per heavy atom. The summed E-state index contributed by atoms with van der Waals surface area (Å²) in [6.45, 7) is 3.18. The molecule has 1 atom stereocenters. The average molecular weight is 293 g/mol. The van der Waals surface area contributed by atoms with Crippen molar-refractivity contribution in [2.24, 2.45) is 11.8 Å². The van der Waals surface area contributed by atoms with Crippen LogP contribution in [-0.2, 0) is 9.59 Å². The molecule has 0 bridgehead atoms. The van der Waals surface area contributed by atoms with Crippen molar-refractivity contribution in [1.82, 2.24) is 15.1 Å². The number of rotatable bonds is 4. The summed E-state index contributed by atoms with van der Waals surface area (Å²) in [7, 11) is 0. The fourth-order valence-corrected chi connectivity index (χ4v) is 3.80. The van der Waals surface area contributed by atoms with Crippen molar-refractivity contribution in [2.45, 2.75) is 38.5 Å². The lowest BCUT2D eigenvalue weighted by atomic mass is 9.87. The number of amides is 4. The lowest BCUT2D eigenvalue weighted by Crippen LogP contribution is -2.60. The van der Waals surface area contributed by atoms with E-state index in [1.54, 1.807) is 0 Å². The Kier molecular flexibility index (Phi) is 4.24. The molecule has 116 valence electrons. The summed E-state index contributed by atoms with van der Waals surface area (Å²) in [5.41, 5.74) is 0. The van der Waals surface area contributed by atoms with E-state index >= 15 is 0 Å². The minimum atomic E-state index is -0.649. The first kappa shape index (κ1) is 14.5. The topological polar surface area (TPSA) is 69.7 Å². The van der Waals surface area contributed by atoms with Crippen LogP contribution in [0, 0.1) is 11.8 Å². The van der Waals surface area contributed by atoms with Gasteiger partial charge in [-0.25, -0.2) is 4.79 Å². The van der Waals surface area contributed by atoms with Crippen LogP contribution in [0.5, 0.6) is 0 Å². The predicted octanol–water partition coefficient (Wildman–Crippen LogP) is 0.967. The minimum Gasteiger partial charge on any atom is -0.302 e. The molecule has 0 radical (unpaired) electrons. The molecule has 1 unspecified atom stereocenters. The first-order valence-corrected chi connectivity index (χ1v) is 8.05. The maximum Gasteiger partial charge on any atom is 0.330 e. The van der Waals surface area contributed by atoms with E-state index in [4.69, 9.17) is 0 Å². The molecule has 6 heteroatoms. The van der Waals surface area contributed by atoms with Crippen LogP contribution in [0.3, 0.4) is 0 Å². The Balaban J connectivity index is 1.65. The first-order valence-electron chi connectivity index (χ1n) is 8.05. The number of barbiturate groups is 1. The zero-order valence-electron chi connectivity index (χ0n) is 12.3. The summed E-state index contributed by atoms with van der Waals surface area (Å²) in [4.78, 5) is 40.0. The highest BCUT2D eigenvalue weighted by atomic mass is 16.2. The molecular formula is C15H23N3O3. The number of nitrogens with one attached hydrogen (secondary N) is 1. The van der Waals surface area contributed by atoms with E-state index in [-0.39, 0.29) is 11.8 Å². The molecule has 1 saturated carbocycles. The molecule has 1 aliphatic carbocycles. The molecule has 2 aliphatic heterocycles. The molecule has 6 nitrogen and oxygen atoms in total. The Hall–Kier alpha value is -1.43. The largest absolute Gasteiger partial charge is 0.330 e. The van der Waals surface area contributed by atoms with Gasteiger partial charge in [-0.05, 0) is 44.7 Å². The summed E-state index contributed by atoms with van der Waals surface area (Å²) in [5.74, 6) is -1.21. The van der Waals surface area contributed by atoms with Crippen LogP contribution < -0.4 is 5.32 Å². The SMILES string of the molecule is O=C1NC(=O)N(CCN2CCCC2)C(=O)C1C1CCCC1. The van der Waals surface area contributed by atoms with Crippen LogP contribution >= 0.6 is 0 Å². The number of urea groups is 1. The maximum absolute atomic E-state index is 12.6. The smallest absolute Gasteiger partial charge is 0.302 e. The number of hydrogen-bond acceptors (Lipinski definition) is 4. The van der Waals surface area contributed by atoms with E-state index < -0.39 is 17.9 Å². The third kappa shape index (κ3) is 2.95. The lowest BCUT2D eigenvalue weighted by Gasteiger charge is -2.33. The van der Waals surface area contributed by atoms with Gasteiger partial charge in [0.05, 0.1) is 0 Å². The van der Waals surface area contributed by atoms with E-state index in [0.717, 1.165) is 38.8 Å². The van der Waals surface area contributed by atoms with Crippen molar-refractivity contribution in [2.75, 3.05) is 26.2 Å². The van der Waals surface area contributed by atoms with Gasteiger partial charge >= 0.3 is 6.03 Å². The Labute approximate surface area is 124 Å². The second-order valence-electron chi connectivity index (χ2n) is 6.36. The maximum atomic E-state index is 12.6. The molecule has 0 aromatic rings. The van der Waals surface area contributed by atoms with Crippen LogP contribution in [0.1, 0.15) is 38.5 Å². The highest BCUT2D eigenvalue weighted by molar-refractivity contribution is 6.16. The molecule has 4 amide bonds.